The fraction of sp³-hybridized carbons (Fsp3) is 0.417. The molecule has 1 fully saturated rings. The number of nitrogens with zero attached hydrogens (tertiary/aromatic N) is 2. The van der Waals surface area contributed by atoms with E-state index in [1.165, 1.54) is 12.8 Å². The highest BCUT2D eigenvalue weighted by Crippen LogP contribution is 2.46. The molecule has 4 heteroatoms. The number of nitrogens with two attached hydrogens (primary N) is 1. The molecule has 0 atom stereocenters. The van der Waals surface area contributed by atoms with Crippen LogP contribution >= 0.6 is 0 Å². The van der Waals surface area contributed by atoms with Gasteiger partial charge in [0.15, 0.2) is 0 Å². The van der Waals surface area contributed by atoms with Crippen molar-refractivity contribution in [2.75, 3.05) is 12.8 Å². The van der Waals surface area contributed by atoms with Crippen molar-refractivity contribution in [3.05, 3.63) is 18.2 Å². The summed E-state index contributed by atoms with van der Waals surface area (Å²) in [5.74, 6) is 1.42. The summed E-state index contributed by atoms with van der Waals surface area (Å²) in [7, 11) is 1.66. The van der Waals surface area contributed by atoms with E-state index in [1.54, 1.807) is 7.11 Å². The summed E-state index contributed by atoms with van der Waals surface area (Å²) in [5.41, 5.74) is 8.16. The topological polar surface area (TPSA) is 53.1 Å². The summed E-state index contributed by atoms with van der Waals surface area (Å²) in [6.07, 6.45) is 2.35. The number of hydrogen-bond donors (Lipinski definition) is 1. The molecule has 1 aromatic carbocycles. The van der Waals surface area contributed by atoms with Gasteiger partial charge in [-0.2, -0.15) is 0 Å². The van der Waals surface area contributed by atoms with Gasteiger partial charge in [0.1, 0.15) is 5.75 Å². The largest absolute Gasteiger partial charge is 0.497 e. The van der Waals surface area contributed by atoms with E-state index in [0.717, 1.165) is 16.8 Å². The molecule has 0 radical (unpaired) electrons. The molecule has 0 amide bonds. The van der Waals surface area contributed by atoms with Crippen LogP contribution in [0.5, 0.6) is 5.75 Å². The average Bonchev–Trinajstić information content (AvgIpc) is 2.90. The molecule has 0 aliphatic heterocycles. The summed E-state index contributed by atoms with van der Waals surface area (Å²) in [5, 5.41) is 0. The lowest BCUT2D eigenvalue weighted by molar-refractivity contribution is 0.415. The van der Waals surface area contributed by atoms with Crippen molar-refractivity contribution in [3.8, 4) is 5.75 Å². The smallest absolute Gasteiger partial charge is 0.201 e. The lowest BCUT2D eigenvalue weighted by atomic mass is 10.2. The quantitative estimate of drug-likeness (QED) is 0.838. The van der Waals surface area contributed by atoms with E-state index in [9.17, 15) is 0 Å². The van der Waals surface area contributed by atoms with Gasteiger partial charge in [-0.3, -0.25) is 0 Å². The maximum Gasteiger partial charge on any atom is 0.201 e. The van der Waals surface area contributed by atoms with E-state index in [1.807, 2.05) is 18.2 Å². The Morgan fingerprint density at radius 1 is 1.44 bits per heavy atom. The van der Waals surface area contributed by atoms with E-state index in [4.69, 9.17) is 10.5 Å². The summed E-state index contributed by atoms with van der Waals surface area (Å²) in [6, 6.07) is 5.90. The first kappa shape index (κ1) is 9.51. The van der Waals surface area contributed by atoms with E-state index >= 15 is 0 Å². The number of methoxy groups -OCH3 is 1. The Balaban J connectivity index is 2.25. The first-order valence-corrected chi connectivity index (χ1v) is 5.46. The number of anilines is 1. The molecule has 1 aromatic heterocycles. The second kappa shape index (κ2) is 2.90. The molecule has 4 nitrogen and oxygen atoms in total. The number of benzene rings is 1. The summed E-state index contributed by atoms with van der Waals surface area (Å²) in [6.45, 7) is 2.22. The van der Waals surface area contributed by atoms with Crippen LogP contribution in [0, 0.1) is 0 Å². The van der Waals surface area contributed by atoms with Crippen LogP contribution in [0.4, 0.5) is 5.95 Å². The molecule has 3 rings (SSSR count). The Morgan fingerprint density at radius 2 is 2.19 bits per heavy atom. The molecule has 0 spiro atoms. The molecule has 2 aromatic rings. The summed E-state index contributed by atoms with van der Waals surface area (Å²) in [4.78, 5) is 4.39. The number of hydrogen-bond acceptors (Lipinski definition) is 3. The molecule has 1 aliphatic carbocycles. The number of aromatic nitrogens is 2. The lowest BCUT2D eigenvalue weighted by Gasteiger charge is -2.13. The van der Waals surface area contributed by atoms with E-state index in [2.05, 4.69) is 16.5 Å². The minimum atomic E-state index is 0.174. The van der Waals surface area contributed by atoms with E-state index in [-0.39, 0.29) is 5.54 Å². The van der Waals surface area contributed by atoms with Crippen molar-refractivity contribution in [1.29, 1.82) is 0 Å². The highest BCUT2D eigenvalue weighted by molar-refractivity contribution is 5.80. The van der Waals surface area contributed by atoms with Gasteiger partial charge in [0.25, 0.3) is 0 Å². The molecule has 2 N–H and O–H groups in total. The molecular formula is C12H15N3O. The van der Waals surface area contributed by atoms with E-state index in [0.29, 0.717) is 5.95 Å². The molecule has 0 bridgehead atoms. The SMILES string of the molecule is COc1ccc2c(c1)nc(N)n2C1(C)CC1. The van der Waals surface area contributed by atoms with E-state index < -0.39 is 0 Å². The fourth-order valence-corrected chi connectivity index (χ4v) is 2.18. The minimum absolute atomic E-state index is 0.174. The standard InChI is InChI=1S/C12H15N3O/c1-12(5-6-12)15-10-4-3-8(16-2)7-9(10)14-11(15)13/h3-4,7H,5-6H2,1-2H3,(H2,13,14). The third-order valence-corrected chi connectivity index (χ3v) is 3.40. The minimum Gasteiger partial charge on any atom is -0.497 e. The van der Waals surface area contributed by atoms with Crippen LogP contribution in [0.2, 0.25) is 0 Å². The third kappa shape index (κ3) is 1.19. The zero-order chi connectivity index (χ0) is 11.3. The van der Waals surface area contributed by atoms with Crippen molar-refractivity contribution in [3.63, 3.8) is 0 Å². The van der Waals surface area contributed by atoms with Crippen LogP contribution in [0.15, 0.2) is 18.2 Å². The first-order chi connectivity index (χ1) is 7.64. The molecule has 1 heterocycles. The summed E-state index contributed by atoms with van der Waals surface area (Å²) < 4.78 is 7.32. The van der Waals surface area contributed by atoms with Gasteiger partial charge in [-0.05, 0) is 31.9 Å². The Bertz CT molecular complexity index is 555. The molecule has 1 aliphatic rings. The fourth-order valence-electron chi connectivity index (χ4n) is 2.18. The Hall–Kier alpha value is -1.71. The van der Waals surface area contributed by atoms with Gasteiger partial charge in [-0.25, -0.2) is 4.98 Å². The molecular weight excluding hydrogens is 202 g/mol. The number of rotatable bonds is 2. The maximum absolute atomic E-state index is 5.98. The molecule has 16 heavy (non-hydrogen) atoms. The van der Waals surface area contributed by atoms with Gasteiger partial charge < -0.3 is 15.0 Å². The van der Waals surface area contributed by atoms with Crippen LogP contribution in [-0.4, -0.2) is 16.7 Å². The second-order valence-electron chi connectivity index (χ2n) is 4.66. The van der Waals surface area contributed by atoms with Crippen LogP contribution in [0.3, 0.4) is 0 Å². The molecule has 0 unspecified atom stereocenters. The first-order valence-electron chi connectivity index (χ1n) is 5.46. The molecule has 1 saturated carbocycles. The normalized spacial score (nSPS) is 17.6. The van der Waals surface area contributed by atoms with Crippen molar-refractivity contribution < 1.29 is 4.74 Å². The number of fused-ring (bicyclic) bond motifs is 1. The van der Waals surface area contributed by atoms with Crippen molar-refractivity contribution in [2.45, 2.75) is 25.3 Å². The Kier molecular flexibility index (Phi) is 1.73. The van der Waals surface area contributed by atoms with Crippen LogP contribution in [0.1, 0.15) is 19.8 Å². The van der Waals surface area contributed by atoms with Crippen molar-refractivity contribution >= 4 is 17.0 Å². The highest BCUT2D eigenvalue weighted by Gasteiger charge is 2.41. The van der Waals surface area contributed by atoms with Crippen molar-refractivity contribution in [1.82, 2.24) is 9.55 Å². The molecule has 84 valence electrons. The van der Waals surface area contributed by atoms with Gasteiger partial charge >= 0.3 is 0 Å². The lowest BCUT2D eigenvalue weighted by Crippen LogP contribution is -2.14. The van der Waals surface area contributed by atoms with Gasteiger partial charge in [-0.1, -0.05) is 0 Å². The highest BCUT2D eigenvalue weighted by atomic mass is 16.5. The third-order valence-electron chi connectivity index (χ3n) is 3.40. The zero-order valence-corrected chi connectivity index (χ0v) is 9.53. The van der Waals surface area contributed by atoms with Gasteiger partial charge in [0.2, 0.25) is 5.95 Å². The van der Waals surface area contributed by atoms with Crippen LogP contribution in [0.25, 0.3) is 11.0 Å². The Morgan fingerprint density at radius 3 is 2.81 bits per heavy atom. The van der Waals surface area contributed by atoms with Gasteiger partial charge in [0, 0.05) is 11.6 Å². The number of nitrogen functional groups attached to an aromatic ring is 1. The Labute approximate surface area is 94.0 Å². The molecule has 0 saturated heterocycles. The van der Waals surface area contributed by atoms with Crippen molar-refractivity contribution in [2.24, 2.45) is 0 Å². The second-order valence-corrected chi connectivity index (χ2v) is 4.66. The summed E-state index contributed by atoms with van der Waals surface area (Å²) >= 11 is 0. The maximum atomic E-state index is 5.98. The zero-order valence-electron chi connectivity index (χ0n) is 9.53. The van der Waals surface area contributed by atoms with Gasteiger partial charge in [0.05, 0.1) is 18.1 Å². The average molecular weight is 217 g/mol. The van der Waals surface area contributed by atoms with Gasteiger partial charge in [-0.15, -0.1) is 0 Å². The predicted octanol–water partition coefficient (Wildman–Crippen LogP) is 2.14. The number of imidazole rings is 1. The van der Waals surface area contributed by atoms with Crippen LogP contribution < -0.4 is 10.5 Å². The number of ether oxygens (including phenoxy) is 1. The monoisotopic (exact) mass is 217 g/mol. The van der Waals surface area contributed by atoms with Crippen LogP contribution in [-0.2, 0) is 5.54 Å². The predicted molar refractivity (Wildman–Crippen MR) is 63.6 cm³/mol.